The molecule has 0 radical (unpaired) electrons. The molecule has 0 bridgehead atoms. The van der Waals surface area contributed by atoms with Crippen LogP contribution in [0.4, 0.5) is 13.2 Å². The van der Waals surface area contributed by atoms with Crippen molar-refractivity contribution in [3.05, 3.63) is 53.3 Å². The normalized spacial score (nSPS) is 13.0. The third kappa shape index (κ3) is 3.84. The minimum Gasteiger partial charge on any atom is -0.475 e. The van der Waals surface area contributed by atoms with Crippen LogP contribution in [0.1, 0.15) is 5.56 Å². The fourth-order valence-electron chi connectivity index (χ4n) is 2.62. The highest BCUT2D eigenvalue weighted by Gasteiger charge is 2.31. The maximum atomic E-state index is 12.6. The highest BCUT2D eigenvalue weighted by molar-refractivity contribution is 6.31. The molecule has 6 nitrogen and oxygen atoms in total. The first-order valence-corrected chi connectivity index (χ1v) is 8.57. The van der Waals surface area contributed by atoms with Crippen molar-refractivity contribution in [1.29, 1.82) is 0 Å². The zero-order valence-electron chi connectivity index (χ0n) is 14.2. The zero-order valence-corrected chi connectivity index (χ0v) is 15.0. The van der Waals surface area contributed by atoms with Crippen LogP contribution < -0.4 is 14.2 Å². The molecule has 1 aliphatic heterocycles. The molecule has 0 atom stereocenters. The molecule has 146 valence electrons. The van der Waals surface area contributed by atoms with Gasteiger partial charge >= 0.3 is 6.18 Å². The van der Waals surface area contributed by atoms with Gasteiger partial charge in [0.25, 0.3) is 0 Å². The van der Waals surface area contributed by atoms with Crippen molar-refractivity contribution in [3.8, 4) is 28.6 Å². The molecule has 3 aromatic rings. The minimum absolute atomic E-state index is 0.0576. The number of hydrogen-bond donors (Lipinski definition) is 0. The largest absolute Gasteiger partial charge is 0.475 e. The van der Waals surface area contributed by atoms with E-state index in [9.17, 15) is 13.2 Å². The average molecular weight is 412 g/mol. The molecule has 1 aliphatic rings. The summed E-state index contributed by atoms with van der Waals surface area (Å²) in [6.07, 6.45) is -2.05. The topological polar surface area (TPSA) is 58.4 Å². The van der Waals surface area contributed by atoms with E-state index < -0.39 is 11.7 Å². The summed E-state index contributed by atoms with van der Waals surface area (Å²) in [6.45, 7) is 0.703. The molecule has 0 amide bonds. The van der Waals surface area contributed by atoms with Crippen molar-refractivity contribution in [2.24, 2.45) is 0 Å². The van der Waals surface area contributed by atoms with Crippen molar-refractivity contribution in [3.63, 3.8) is 0 Å². The third-order valence-electron chi connectivity index (χ3n) is 4.00. The van der Waals surface area contributed by atoms with Crippen molar-refractivity contribution in [2.45, 2.75) is 12.7 Å². The van der Waals surface area contributed by atoms with Crippen LogP contribution in [0.15, 0.2) is 42.7 Å². The molecule has 0 spiro atoms. The van der Waals surface area contributed by atoms with Crippen molar-refractivity contribution in [2.75, 3.05) is 13.4 Å². The lowest BCUT2D eigenvalue weighted by atomic mass is 10.1. The smallest absolute Gasteiger partial charge is 0.417 e. The summed E-state index contributed by atoms with van der Waals surface area (Å²) in [5, 5.41) is 4.25. The summed E-state index contributed by atoms with van der Waals surface area (Å²) in [5.74, 6) is 1.30. The molecular formula is C18H13ClF3N3O3. The van der Waals surface area contributed by atoms with Gasteiger partial charge in [0.05, 0.1) is 17.8 Å². The minimum atomic E-state index is -4.50. The molecule has 0 N–H and O–H groups in total. The Balaban J connectivity index is 1.38. The fraction of sp³-hybridized carbons (Fsp3) is 0.222. The van der Waals surface area contributed by atoms with Gasteiger partial charge in [0.2, 0.25) is 12.7 Å². The van der Waals surface area contributed by atoms with E-state index in [0.29, 0.717) is 24.2 Å². The third-order valence-corrected chi connectivity index (χ3v) is 4.27. The van der Waals surface area contributed by atoms with Gasteiger partial charge in [-0.1, -0.05) is 11.6 Å². The molecular weight excluding hydrogens is 399 g/mol. The summed E-state index contributed by atoms with van der Waals surface area (Å²) in [6, 6.07) is 8.16. The number of hydrogen-bond acceptors (Lipinski definition) is 5. The zero-order chi connectivity index (χ0) is 19.7. The molecule has 10 heteroatoms. The van der Waals surface area contributed by atoms with Crippen molar-refractivity contribution < 1.29 is 27.4 Å². The Morgan fingerprint density at radius 1 is 1.14 bits per heavy atom. The highest BCUT2D eigenvalue weighted by Crippen LogP contribution is 2.35. The van der Waals surface area contributed by atoms with E-state index in [1.54, 1.807) is 10.9 Å². The van der Waals surface area contributed by atoms with Crippen LogP contribution in [0.2, 0.25) is 5.02 Å². The standard InChI is InChI=1S/C18H13ClF3N3O3/c19-13-8-12(18(20,21)22)9-23-17(13)26-6-5-25-4-3-14(24-25)11-1-2-15-16(7-11)28-10-27-15/h1-4,7-9H,5-6,10H2. The quantitative estimate of drug-likeness (QED) is 0.622. The molecule has 2 aromatic heterocycles. The maximum Gasteiger partial charge on any atom is 0.417 e. The first kappa shape index (κ1) is 18.4. The van der Waals surface area contributed by atoms with Crippen LogP contribution in [-0.2, 0) is 12.7 Å². The number of alkyl halides is 3. The number of nitrogens with zero attached hydrogens (tertiary/aromatic N) is 3. The van der Waals surface area contributed by atoms with E-state index in [0.717, 1.165) is 17.3 Å². The van der Waals surface area contributed by atoms with Crippen LogP contribution in [-0.4, -0.2) is 28.2 Å². The number of rotatable bonds is 5. The molecule has 0 unspecified atom stereocenters. The van der Waals surface area contributed by atoms with Crippen molar-refractivity contribution >= 4 is 11.6 Å². The second-order valence-electron chi connectivity index (χ2n) is 5.89. The van der Waals surface area contributed by atoms with Gasteiger partial charge in [-0.05, 0) is 30.3 Å². The Morgan fingerprint density at radius 3 is 2.75 bits per heavy atom. The van der Waals surface area contributed by atoms with Crippen LogP contribution in [0.5, 0.6) is 17.4 Å². The number of benzene rings is 1. The number of ether oxygens (including phenoxy) is 3. The van der Waals surface area contributed by atoms with E-state index in [-0.39, 0.29) is 24.3 Å². The molecule has 1 aromatic carbocycles. The molecule has 0 fully saturated rings. The van der Waals surface area contributed by atoms with E-state index in [1.165, 1.54) is 0 Å². The Hall–Kier alpha value is -2.94. The van der Waals surface area contributed by atoms with Gasteiger partial charge in [-0.2, -0.15) is 18.3 Å². The van der Waals surface area contributed by atoms with E-state index in [1.807, 2.05) is 24.3 Å². The van der Waals surface area contributed by atoms with Gasteiger partial charge in [0.15, 0.2) is 11.5 Å². The van der Waals surface area contributed by atoms with Crippen LogP contribution in [0.3, 0.4) is 0 Å². The lowest BCUT2D eigenvalue weighted by Crippen LogP contribution is -2.11. The molecule has 0 saturated carbocycles. The lowest BCUT2D eigenvalue weighted by molar-refractivity contribution is -0.137. The van der Waals surface area contributed by atoms with E-state index in [2.05, 4.69) is 10.1 Å². The van der Waals surface area contributed by atoms with Crippen LogP contribution >= 0.6 is 11.6 Å². The van der Waals surface area contributed by atoms with Gasteiger partial charge in [0, 0.05) is 18.0 Å². The van der Waals surface area contributed by atoms with Gasteiger partial charge in [-0.3, -0.25) is 4.68 Å². The number of fused-ring (bicyclic) bond motifs is 1. The first-order chi connectivity index (χ1) is 13.4. The monoisotopic (exact) mass is 411 g/mol. The van der Waals surface area contributed by atoms with Gasteiger partial charge in [-0.15, -0.1) is 0 Å². The van der Waals surface area contributed by atoms with Crippen LogP contribution in [0, 0.1) is 0 Å². The fourth-order valence-corrected chi connectivity index (χ4v) is 2.84. The Bertz CT molecular complexity index is 1010. The number of aromatic nitrogens is 3. The second kappa shape index (κ2) is 7.23. The van der Waals surface area contributed by atoms with E-state index >= 15 is 0 Å². The Labute approximate surface area is 162 Å². The van der Waals surface area contributed by atoms with Crippen LogP contribution in [0.25, 0.3) is 11.3 Å². The SMILES string of the molecule is FC(F)(F)c1cnc(OCCn2ccc(-c3ccc4c(c3)OCO4)n2)c(Cl)c1. The summed E-state index contributed by atoms with van der Waals surface area (Å²) in [4.78, 5) is 3.63. The predicted octanol–water partition coefficient (Wildman–Crippen LogP) is 4.43. The van der Waals surface area contributed by atoms with Gasteiger partial charge < -0.3 is 14.2 Å². The lowest BCUT2D eigenvalue weighted by Gasteiger charge is -2.10. The number of halogens is 4. The summed E-state index contributed by atoms with van der Waals surface area (Å²) < 4.78 is 55.5. The summed E-state index contributed by atoms with van der Waals surface area (Å²) in [5.41, 5.74) is 0.686. The second-order valence-corrected chi connectivity index (χ2v) is 6.30. The number of pyridine rings is 1. The molecule has 3 heterocycles. The Morgan fingerprint density at radius 2 is 1.96 bits per heavy atom. The van der Waals surface area contributed by atoms with Gasteiger partial charge in [-0.25, -0.2) is 4.98 Å². The van der Waals surface area contributed by atoms with Gasteiger partial charge in [0.1, 0.15) is 11.6 Å². The van der Waals surface area contributed by atoms with E-state index in [4.69, 9.17) is 25.8 Å². The molecule has 0 aliphatic carbocycles. The predicted molar refractivity (Wildman–Crippen MR) is 93.5 cm³/mol. The summed E-state index contributed by atoms with van der Waals surface area (Å²) >= 11 is 5.82. The molecule has 28 heavy (non-hydrogen) atoms. The first-order valence-electron chi connectivity index (χ1n) is 8.19. The van der Waals surface area contributed by atoms with Crippen molar-refractivity contribution in [1.82, 2.24) is 14.8 Å². The molecule has 0 saturated heterocycles. The Kier molecular flexibility index (Phi) is 4.76. The average Bonchev–Trinajstić information content (AvgIpc) is 3.30. The summed E-state index contributed by atoms with van der Waals surface area (Å²) in [7, 11) is 0. The maximum absolute atomic E-state index is 12.6. The highest BCUT2D eigenvalue weighted by atomic mass is 35.5. The molecule has 4 rings (SSSR count).